The Labute approximate surface area is 160 Å². The van der Waals surface area contributed by atoms with E-state index in [4.69, 9.17) is 16.3 Å². The Morgan fingerprint density at radius 2 is 1.69 bits per heavy atom. The lowest BCUT2D eigenvalue weighted by Crippen LogP contribution is -2.35. The lowest BCUT2D eigenvalue weighted by molar-refractivity contribution is 0.0342. The van der Waals surface area contributed by atoms with Crippen LogP contribution in [0.25, 0.3) is 0 Å². The van der Waals surface area contributed by atoms with Gasteiger partial charge in [-0.25, -0.2) is 13.1 Å². The number of nitrogens with zero attached hydrogens (tertiary/aromatic N) is 1. The minimum Gasteiger partial charge on any atom is -0.379 e. The van der Waals surface area contributed by atoms with E-state index in [-0.39, 0.29) is 12.3 Å². The van der Waals surface area contributed by atoms with Crippen molar-refractivity contribution in [3.05, 3.63) is 70.2 Å². The molecule has 2 aromatic carbocycles. The number of sulfonamides is 1. The molecule has 140 valence electrons. The van der Waals surface area contributed by atoms with E-state index < -0.39 is 10.0 Å². The summed E-state index contributed by atoms with van der Waals surface area (Å²) in [7, 11) is -3.41. The first-order chi connectivity index (χ1) is 12.5. The molecule has 0 aliphatic carbocycles. The lowest BCUT2D eigenvalue weighted by Gasteiger charge is -2.26. The summed E-state index contributed by atoms with van der Waals surface area (Å²) in [6, 6.07) is 14.9. The Morgan fingerprint density at radius 3 is 2.42 bits per heavy atom. The van der Waals surface area contributed by atoms with Gasteiger partial charge in [0.2, 0.25) is 10.0 Å². The normalized spacial score (nSPS) is 15.9. The Hall–Kier alpha value is -1.44. The third-order valence-corrected chi connectivity index (χ3v) is 5.82. The molecule has 0 bridgehead atoms. The molecule has 0 saturated carbocycles. The van der Waals surface area contributed by atoms with Crippen molar-refractivity contribution in [1.29, 1.82) is 0 Å². The topological polar surface area (TPSA) is 58.6 Å². The second kappa shape index (κ2) is 8.97. The molecule has 1 aliphatic heterocycles. The van der Waals surface area contributed by atoms with Gasteiger partial charge in [-0.05, 0) is 28.8 Å². The van der Waals surface area contributed by atoms with Crippen molar-refractivity contribution < 1.29 is 13.2 Å². The van der Waals surface area contributed by atoms with Crippen LogP contribution in [-0.2, 0) is 33.6 Å². The molecule has 2 aromatic rings. The maximum Gasteiger partial charge on any atom is 0.216 e. The van der Waals surface area contributed by atoms with Crippen LogP contribution in [0, 0.1) is 0 Å². The van der Waals surface area contributed by atoms with Crippen LogP contribution in [-0.4, -0.2) is 39.6 Å². The van der Waals surface area contributed by atoms with E-state index in [1.807, 2.05) is 12.1 Å². The summed E-state index contributed by atoms with van der Waals surface area (Å²) in [5, 5.41) is 0.594. The Morgan fingerprint density at radius 1 is 1.00 bits per heavy atom. The van der Waals surface area contributed by atoms with E-state index >= 15 is 0 Å². The van der Waals surface area contributed by atoms with Crippen molar-refractivity contribution in [2.24, 2.45) is 0 Å². The molecule has 0 amide bonds. The predicted octanol–water partition coefficient (Wildman–Crippen LogP) is 2.79. The highest BCUT2D eigenvalue weighted by molar-refractivity contribution is 7.88. The highest BCUT2D eigenvalue weighted by Crippen LogP contribution is 2.13. The average Bonchev–Trinajstić information content (AvgIpc) is 2.63. The largest absolute Gasteiger partial charge is 0.379 e. The van der Waals surface area contributed by atoms with Crippen LogP contribution in [0.1, 0.15) is 16.7 Å². The quantitative estimate of drug-likeness (QED) is 0.784. The molecule has 7 heteroatoms. The fourth-order valence-electron chi connectivity index (χ4n) is 2.90. The highest BCUT2D eigenvalue weighted by Gasteiger charge is 2.13. The molecule has 1 saturated heterocycles. The smallest absolute Gasteiger partial charge is 0.216 e. The van der Waals surface area contributed by atoms with Gasteiger partial charge in [0.05, 0.1) is 19.0 Å². The van der Waals surface area contributed by atoms with Gasteiger partial charge in [0.15, 0.2) is 0 Å². The van der Waals surface area contributed by atoms with Crippen LogP contribution >= 0.6 is 11.6 Å². The van der Waals surface area contributed by atoms with Crippen LogP contribution in [0.15, 0.2) is 48.5 Å². The molecule has 0 aromatic heterocycles. The van der Waals surface area contributed by atoms with Gasteiger partial charge in [-0.15, -0.1) is 0 Å². The summed E-state index contributed by atoms with van der Waals surface area (Å²) in [6.07, 6.45) is 0. The third-order valence-electron chi connectivity index (χ3n) is 4.27. The molecule has 0 spiro atoms. The second-order valence-corrected chi connectivity index (χ2v) is 8.66. The zero-order chi connectivity index (χ0) is 18.4. The van der Waals surface area contributed by atoms with Crippen LogP contribution < -0.4 is 4.72 Å². The molecular formula is C19H23ClN2O3S. The number of rotatable bonds is 7. The summed E-state index contributed by atoms with van der Waals surface area (Å²) >= 11 is 5.83. The van der Waals surface area contributed by atoms with E-state index in [2.05, 4.69) is 21.8 Å². The van der Waals surface area contributed by atoms with E-state index in [1.165, 1.54) is 5.56 Å². The molecule has 1 heterocycles. The SMILES string of the molecule is O=S(=O)(Cc1ccc(Cl)cc1)NCc1cccc(CN2CCOCC2)c1. The average molecular weight is 395 g/mol. The number of ether oxygens (including phenoxy) is 1. The van der Waals surface area contributed by atoms with Crippen molar-refractivity contribution in [2.75, 3.05) is 26.3 Å². The number of benzene rings is 2. The van der Waals surface area contributed by atoms with Gasteiger partial charge in [-0.2, -0.15) is 0 Å². The van der Waals surface area contributed by atoms with Gasteiger partial charge < -0.3 is 4.74 Å². The fourth-order valence-corrected chi connectivity index (χ4v) is 4.15. The minimum absolute atomic E-state index is 0.0579. The third kappa shape index (κ3) is 6.07. The van der Waals surface area contributed by atoms with Gasteiger partial charge in [-0.3, -0.25) is 4.90 Å². The molecule has 26 heavy (non-hydrogen) atoms. The zero-order valence-electron chi connectivity index (χ0n) is 14.5. The minimum atomic E-state index is -3.41. The van der Waals surface area contributed by atoms with Crippen LogP contribution in [0.3, 0.4) is 0 Å². The molecule has 1 N–H and O–H groups in total. The van der Waals surface area contributed by atoms with Crippen molar-refractivity contribution in [3.8, 4) is 0 Å². The van der Waals surface area contributed by atoms with Crippen molar-refractivity contribution in [2.45, 2.75) is 18.8 Å². The number of morpholine rings is 1. The number of halogens is 1. The zero-order valence-corrected chi connectivity index (χ0v) is 16.1. The van der Waals surface area contributed by atoms with Gasteiger partial charge in [0.25, 0.3) is 0 Å². The lowest BCUT2D eigenvalue weighted by atomic mass is 10.1. The Bertz CT molecular complexity index is 819. The van der Waals surface area contributed by atoms with Crippen LogP contribution in [0.5, 0.6) is 0 Å². The van der Waals surface area contributed by atoms with E-state index in [1.54, 1.807) is 24.3 Å². The first-order valence-corrected chi connectivity index (χ1v) is 10.6. The summed E-state index contributed by atoms with van der Waals surface area (Å²) < 4.78 is 32.6. The van der Waals surface area contributed by atoms with Gasteiger partial charge in [-0.1, -0.05) is 48.0 Å². The summed E-state index contributed by atoms with van der Waals surface area (Å²) in [5.74, 6) is -0.0579. The maximum atomic E-state index is 12.3. The summed E-state index contributed by atoms with van der Waals surface area (Å²) in [5.41, 5.74) is 2.85. The van der Waals surface area contributed by atoms with E-state index in [0.29, 0.717) is 10.6 Å². The standard InChI is InChI=1S/C19H23ClN2O3S/c20-19-6-4-16(5-7-19)15-26(23,24)21-13-17-2-1-3-18(12-17)14-22-8-10-25-11-9-22/h1-7,12,21H,8-11,13-15H2. The number of hydrogen-bond acceptors (Lipinski definition) is 4. The summed E-state index contributed by atoms with van der Waals surface area (Å²) in [4.78, 5) is 2.34. The Balaban J connectivity index is 1.56. The second-order valence-electron chi connectivity index (χ2n) is 6.42. The van der Waals surface area contributed by atoms with E-state index in [9.17, 15) is 8.42 Å². The van der Waals surface area contributed by atoms with Crippen molar-refractivity contribution in [1.82, 2.24) is 9.62 Å². The molecule has 1 fully saturated rings. The Kier molecular flexibility index (Phi) is 6.67. The monoisotopic (exact) mass is 394 g/mol. The van der Waals surface area contributed by atoms with Crippen molar-refractivity contribution >= 4 is 21.6 Å². The van der Waals surface area contributed by atoms with E-state index in [0.717, 1.165) is 38.4 Å². The first kappa shape index (κ1) is 19.3. The molecule has 3 rings (SSSR count). The van der Waals surface area contributed by atoms with Gasteiger partial charge in [0.1, 0.15) is 0 Å². The molecule has 1 aliphatic rings. The fraction of sp³-hybridized carbons (Fsp3) is 0.368. The van der Waals surface area contributed by atoms with Crippen LogP contribution in [0.4, 0.5) is 0 Å². The predicted molar refractivity (Wildman–Crippen MR) is 103 cm³/mol. The van der Waals surface area contributed by atoms with Gasteiger partial charge >= 0.3 is 0 Å². The number of nitrogens with one attached hydrogen (secondary N) is 1. The first-order valence-electron chi connectivity index (χ1n) is 8.60. The maximum absolute atomic E-state index is 12.3. The van der Waals surface area contributed by atoms with Crippen LogP contribution in [0.2, 0.25) is 5.02 Å². The molecule has 0 atom stereocenters. The highest BCUT2D eigenvalue weighted by atomic mass is 35.5. The number of hydrogen-bond donors (Lipinski definition) is 1. The molecule has 0 radical (unpaired) electrons. The van der Waals surface area contributed by atoms with Crippen molar-refractivity contribution in [3.63, 3.8) is 0 Å². The van der Waals surface area contributed by atoms with Gasteiger partial charge in [0, 0.05) is 31.2 Å². The molecule has 5 nitrogen and oxygen atoms in total. The molecular weight excluding hydrogens is 372 g/mol. The molecule has 0 unspecified atom stereocenters. The summed E-state index contributed by atoms with van der Waals surface area (Å²) in [6.45, 7) is 4.53.